The summed E-state index contributed by atoms with van der Waals surface area (Å²) in [6.45, 7) is 1.98. The van der Waals surface area contributed by atoms with E-state index in [1.807, 2.05) is 12.1 Å². The van der Waals surface area contributed by atoms with Gasteiger partial charge in [-0.1, -0.05) is 0 Å². The largest absolute Gasteiger partial charge is 0.493 e. The van der Waals surface area contributed by atoms with E-state index in [1.165, 1.54) is 0 Å². The minimum atomic E-state index is 0.228. The van der Waals surface area contributed by atoms with Gasteiger partial charge in [0.15, 0.2) is 11.5 Å². The van der Waals surface area contributed by atoms with Crippen molar-refractivity contribution in [3.05, 3.63) is 18.2 Å². The van der Waals surface area contributed by atoms with Gasteiger partial charge in [-0.25, -0.2) is 0 Å². The molecule has 0 aromatic heterocycles. The zero-order valence-electron chi connectivity index (χ0n) is 9.53. The number of hydrogen-bond donors (Lipinski definition) is 2. The van der Waals surface area contributed by atoms with Gasteiger partial charge in [-0.15, -0.1) is 0 Å². The second-order valence-electron chi connectivity index (χ2n) is 4.00. The monoisotopic (exact) mass is 222 g/mol. The van der Waals surface area contributed by atoms with Crippen molar-refractivity contribution in [1.29, 1.82) is 0 Å². The number of hydrogen-bond acceptors (Lipinski definition) is 4. The zero-order valence-corrected chi connectivity index (χ0v) is 9.53. The van der Waals surface area contributed by atoms with E-state index in [0.29, 0.717) is 11.4 Å². The molecule has 1 saturated heterocycles. The average molecular weight is 222 g/mol. The van der Waals surface area contributed by atoms with Crippen LogP contribution in [0.25, 0.3) is 0 Å². The number of piperidine rings is 1. The molecule has 1 aromatic rings. The Morgan fingerprint density at radius 1 is 1.38 bits per heavy atom. The quantitative estimate of drug-likeness (QED) is 0.759. The lowest BCUT2D eigenvalue weighted by Crippen LogP contribution is -2.37. The van der Waals surface area contributed by atoms with Crippen molar-refractivity contribution >= 4 is 5.69 Å². The summed E-state index contributed by atoms with van der Waals surface area (Å²) in [5.74, 6) is 1.47. The fourth-order valence-electron chi connectivity index (χ4n) is 1.88. The molecular formula is C12H18N2O2. The second-order valence-corrected chi connectivity index (χ2v) is 4.00. The SMILES string of the molecule is COc1cc(N)ccc1OC1CCCNC1. The average Bonchev–Trinajstić information content (AvgIpc) is 2.33. The smallest absolute Gasteiger partial charge is 0.162 e. The summed E-state index contributed by atoms with van der Waals surface area (Å²) in [6, 6.07) is 5.47. The highest BCUT2D eigenvalue weighted by molar-refractivity contribution is 5.52. The molecule has 0 bridgehead atoms. The molecule has 0 radical (unpaired) electrons. The maximum atomic E-state index is 5.89. The van der Waals surface area contributed by atoms with Gasteiger partial charge < -0.3 is 20.5 Å². The van der Waals surface area contributed by atoms with Crippen LogP contribution in [-0.4, -0.2) is 26.3 Å². The third-order valence-corrected chi connectivity index (χ3v) is 2.73. The molecule has 16 heavy (non-hydrogen) atoms. The van der Waals surface area contributed by atoms with Crippen LogP contribution in [0.5, 0.6) is 11.5 Å². The van der Waals surface area contributed by atoms with Crippen LogP contribution < -0.4 is 20.5 Å². The normalized spacial score (nSPS) is 20.4. The highest BCUT2D eigenvalue weighted by atomic mass is 16.5. The molecule has 1 unspecified atom stereocenters. The van der Waals surface area contributed by atoms with Crippen molar-refractivity contribution in [2.45, 2.75) is 18.9 Å². The van der Waals surface area contributed by atoms with Crippen LogP contribution in [0, 0.1) is 0 Å². The third kappa shape index (κ3) is 2.58. The Morgan fingerprint density at radius 3 is 2.94 bits per heavy atom. The van der Waals surface area contributed by atoms with E-state index in [0.717, 1.165) is 31.7 Å². The maximum absolute atomic E-state index is 5.89. The number of benzene rings is 1. The first kappa shape index (κ1) is 11.1. The zero-order chi connectivity index (χ0) is 11.4. The van der Waals surface area contributed by atoms with Crippen LogP contribution in [0.1, 0.15) is 12.8 Å². The molecule has 0 amide bonds. The molecule has 1 atom stereocenters. The van der Waals surface area contributed by atoms with Crippen LogP contribution in [0.4, 0.5) is 5.69 Å². The Balaban J connectivity index is 2.07. The fourth-order valence-corrected chi connectivity index (χ4v) is 1.88. The summed E-state index contributed by atoms with van der Waals surface area (Å²) in [5.41, 5.74) is 6.37. The van der Waals surface area contributed by atoms with Crippen LogP contribution in [0.15, 0.2) is 18.2 Å². The van der Waals surface area contributed by atoms with Gasteiger partial charge in [-0.2, -0.15) is 0 Å². The molecule has 1 aliphatic rings. The lowest BCUT2D eigenvalue weighted by atomic mass is 10.1. The molecule has 4 heteroatoms. The number of nitrogens with two attached hydrogens (primary N) is 1. The standard InChI is InChI=1S/C12H18N2O2/c1-15-12-7-9(13)4-5-11(12)16-10-3-2-6-14-8-10/h4-5,7,10,14H,2-3,6,8,13H2,1H3. The van der Waals surface area contributed by atoms with E-state index in [9.17, 15) is 0 Å². The minimum absolute atomic E-state index is 0.228. The van der Waals surface area contributed by atoms with Gasteiger partial charge in [0.05, 0.1) is 7.11 Å². The van der Waals surface area contributed by atoms with Crippen LogP contribution in [0.3, 0.4) is 0 Å². The van der Waals surface area contributed by atoms with E-state index in [4.69, 9.17) is 15.2 Å². The summed E-state index contributed by atoms with van der Waals surface area (Å²) < 4.78 is 11.1. The predicted octanol–water partition coefficient (Wildman–Crippen LogP) is 1.41. The van der Waals surface area contributed by atoms with Crippen molar-refractivity contribution in [3.63, 3.8) is 0 Å². The molecule has 4 nitrogen and oxygen atoms in total. The summed E-state index contributed by atoms with van der Waals surface area (Å²) in [4.78, 5) is 0. The number of rotatable bonds is 3. The second kappa shape index (κ2) is 5.07. The molecule has 0 aliphatic carbocycles. The van der Waals surface area contributed by atoms with Crippen LogP contribution >= 0.6 is 0 Å². The van der Waals surface area contributed by atoms with Gasteiger partial charge >= 0.3 is 0 Å². The van der Waals surface area contributed by atoms with Crippen LogP contribution in [0.2, 0.25) is 0 Å². The molecule has 1 heterocycles. The van der Waals surface area contributed by atoms with Crippen molar-refractivity contribution in [2.24, 2.45) is 0 Å². The number of anilines is 1. The van der Waals surface area contributed by atoms with Gasteiger partial charge in [0, 0.05) is 18.3 Å². The highest BCUT2D eigenvalue weighted by Crippen LogP contribution is 2.30. The fraction of sp³-hybridized carbons (Fsp3) is 0.500. The lowest BCUT2D eigenvalue weighted by Gasteiger charge is -2.24. The van der Waals surface area contributed by atoms with Crippen molar-refractivity contribution < 1.29 is 9.47 Å². The Morgan fingerprint density at radius 2 is 2.25 bits per heavy atom. The van der Waals surface area contributed by atoms with Gasteiger partial charge in [-0.3, -0.25) is 0 Å². The highest BCUT2D eigenvalue weighted by Gasteiger charge is 2.16. The van der Waals surface area contributed by atoms with E-state index >= 15 is 0 Å². The summed E-state index contributed by atoms with van der Waals surface area (Å²) >= 11 is 0. The molecule has 1 aliphatic heterocycles. The Labute approximate surface area is 95.7 Å². The molecule has 0 spiro atoms. The summed E-state index contributed by atoms with van der Waals surface area (Å²) in [5, 5.41) is 3.31. The van der Waals surface area contributed by atoms with Gasteiger partial charge in [0.25, 0.3) is 0 Å². The van der Waals surface area contributed by atoms with Crippen molar-refractivity contribution in [1.82, 2.24) is 5.32 Å². The topological polar surface area (TPSA) is 56.5 Å². The third-order valence-electron chi connectivity index (χ3n) is 2.73. The first-order valence-corrected chi connectivity index (χ1v) is 5.60. The predicted molar refractivity (Wildman–Crippen MR) is 63.9 cm³/mol. The minimum Gasteiger partial charge on any atom is -0.493 e. The van der Waals surface area contributed by atoms with E-state index in [2.05, 4.69) is 5.32 Å². The Bertz CT molecular complexity index is 349. The first-order valence-electron chi connectivity index (χ1n) is 5.60. The molecule has 1 aromatic carbocycles. The number of nitrogens with one attached hydrogen (secondary N) is 1. The molecule has 1 fully saturated rings. The van der Waals surface area contributed by atoms with Gasteiger partial charge in [-0.05, 0) is 31.5 Å². The van der Waals surface area contributed by atoms with Gasteiger partial charge in [0.2, 0.25) is 0 Å². The Kier molecular flexibility index (Phi) is 3.51. The number of nitrogen functional groups attached to an aromatic ring is 1. The summed E-state index contributed by atoms with van der Waals surface area (Å²) in [7, 11) is 1.63. The van der Waals surface area contributed by atoms with E-state index in [1.54, 1.807) is 13.2 Å². The molecule has 2 rings (SSSR count). The lowest BCUT2D eigenvalue weighted by molar-refractivity contribution is 0.161. The first-order chi connectivity index (χ1) is 7.79. The summed E-state index contributed by atoms with van der Waals surface area (Å²) in [6.07, 6.45) is 2.47. The number of methoxy groups -OCH3 is 1. The van der Waals surface area contributed by atoms with Crippen molar-refractivity contribution in [3.8, 4) is 11.5 Å². The maximum Gasteiger partial charge on any atom is 0.162 e. The molecular weight excluding hydrogens is 204 g/mol. The van der Waals surface area contributed by atoms with E-state index in [-0.39, 0.29) is 6.10 Å². The Hall–Kier alpha value is -1.42. The molecule has 3 N–H and O–H groups in total. The van der Waals surface area contributed by atoms with Gasteiger partial charge in [0.1, 0.15) is 6.10 Å². The number of ether oxygens (including phenoxy) is 2. The molecule has 0 saturated carbocycles. The van der Waals surface area contributed by atoms with Crippen LogP contribution in [-0.2, 0) is 0 Å². The van der Waals surface area contributed by atoms with Crippen molar-refractivity contribution in [2.75, 3.05) is 25.9 Å². The molecule has 88 valence electrons. The van der Waals surface area contributed by atoms with E-state index < -0.39 is 0 Å².